The minimum absolute atomic E-state index is 0.0140. The smallest absolute Gasteiger partial charge is 0.288 e. The first-order valence-corrected chi connectivity index (χ1v) is 6.32. The van der Waals surface area contributed by atoms with Crippen molar-refractivity contribution < 1.29 is 13.9 Å². The van der Waals surface area contributed by atoms with Crippen LogP contribution in [0.3, 0.4) is 0 Å². The van der Waals surface area contributed by atoms with Gasteiger partial charge in [0, 0.05) is 17.0 Å². The minimum Gasteiger partial charge on any atom is -0.395 e. The highest BCUT2D eigenvalue weighted by Crippen LogP contribution is 2.26. The fourth-order valence-electron chi connectivity index (χ4n) is 1.51. The van der Waals surface area contributed by atoms with Gasteiger partial charge < -0.3 is 10.4 Å². The van der Waals surface area contributed by atoms with E-state index in [9.17, 15) is 8.78 Å². The van der Waals surface area contributed by atoms with Crippen molar-refractivity contribution in [1.29, 1.82) is 0 Å². The highest BCUT2D eigenvalue weighted by Gasteiger charge is 2.09. The summed E-state index contributed by atoms with van der Waals surface area (Å²) in [5, 5.41) is 12.1. The van der Waals surface area contributed by atoms with E-state index >= 15 is 0 Å². The van der Waals surface area contributed by atoms with E-state index in [2.05, 4.69) is 5.32 Å². The Morgan fingerprint density at radius 2 is 1.82 bits per heavy atom. The maximum atomic E-state index is 12.1. The van der Waals surface area contributed by atoms with Gasteiger partial charge in [0.25, 0.3) is 5.76 Å². The summed E-state index contributed by atoms with van der Waals surface area (Å²) in [4.78, 5) is 0.561. The van der Waals surface area contributed by atoms with Crippen molar-refractivity contribution in [3.8, 4) is 0 Å². The lowest BCUT2D eigenvalue weighted by molar-refractivity contribution is 0.243. The van der Waals surface area contributed by atoms with Crippen LogP contribution in [-0.2, 0) is 0 Å². The van der Waals surface area contributed by atoms with Crippen LogP contribution in [0.1, 0.15) is 25.5 Å². The van der Waals surface area contributed by atoms with Crippen molar-refractivity contribution in [3.63, 3.8) is 0 Å². The Morgan fingerprint density at radius 3 is 2.29 bits per heavy atom. The second kappa shape index (κ2) is 6.93. The van der Waals surface area contributed by atoms with Gasteiger partial charge in [-0.2, -0.15) is 8.78 Å². The van der Waals surface area contributed by atoms with Crippen molar-refractivity contribution in [2.75, 3.05) is 6.61 Å². The van der Waals surface area contributed by atoms with Crippen LogP contribution in [-0.4, -0.2) is 23.5 Å². The molecule has 2 unspecified atom stereocenters. The molecule has 2 nitrogen and oxygen atoms in total. The topological polar surface area (TPSA) is 32.3 Å². The van der Waals surface area contributed by atoms with Crippen molar-refractivity contribution in [3.05, 3.63) is 29.8 Å². The molecule has 0 spiro atoms. The molecule has 2 atom stereocenters. The second-order valence-corrected chi connectivity index (χ2v) is 4.98. The number of hydrogen-bond acceptors (Lipinski definition) is 3. The third-order valence-electron chi connectivity index (χ3n) is 2.41. The van der Waals surface area contributed by atoms with E-state index in [1.54, 1.807) is 12.1 Å². The fourth-order valence-corrected chi connectivity index (χ4v) is 2.01. The molecule has 0 aliphatic heterocycles. The van der Waals surface area contributed by atoms with Crippen LogP contribution in [0.15, 0.2) is 29.2 Å². The SMILES string of the molecule is CC(CO)NC(C)c1ccc(SC(F)F)cc1. The summed E-state index contributed by atoms with van der Waals surface area (Å²) in [5.41, 5.74) is 1.02. The van der Waals surface area contributed by atoms with Crippen LogP contribution in [0, 0.1) is 0 Å². The molecule has 0 aliphatic rings. The lowest BCUT2D eigenvalue weighted by Gasteiger charge is -2.18. The van der Waals surface area contributed by atoms with Gasteiger partial charge in [0.1, 0.15) is 0 Å². The number of aliphatic hydroxyl groups excluding tert-OH is 1. The summed E-state index contributed by atoms with van der Waals surface area (Å²) in [6, 6.07) is 7.13. The lowest BCUT2D eigenvalue weighted by atomic mass is 10.1. The molecule has 0 aliphatic carbocycles. The first kappa shape index (κ1) is 14.4. The van der Waals surface area contributed by atoms with Crippen LogP contribution < -0.4 is 5.32 Å². The number of hydrogen-bond donors (Lipinski definition) is 2. The summed E-state index contributed by atoms with van der Waals surface area (Å²) in [6.45, 7) is 3.93. The standard InChI is InChI=1S/C12H17F2NOS/c1-8(7-16)15-9(2)10-3-5-11(6-4-10)17-12(13)14/h3-6,8-9,12,15-16H,7H2,1-2H3. The molecule has 1 rings (SSSR count). The van der Waals surface area contributed by atoms with Crippen molar-refractivity contribution in [1.82, 2.24) is 5.32 Å². The van der Waals surface area contributed by atoms with Crippen molar-refractivity contribution in [2.24, 2.45) is 0 Å². The Labute approximate surface area is 104 Å². The Balaban J connectivity index is 2.60. The number of alkyl halides is 2. The maximum Gasteiger partial charge on any atom is 0.288 e. The largest absolute Gasteiger partial charge is 0.395 e. The summed E-state index contributed by atoms with van der Waals surface area (Å²) < 4.78 is 24.2. The minimum atomic E-state index is -2.38. The average molecular weight is 261 g/mol. The molecule has 0 heterocycles. The quantitative estimate of drug-likeness (QED) is 0.772. The maximum absolute atomic E-state index is 12.1. The van der Waals surface area contributed by atoms with Gasteiger partial charge in [-0.05, 0) is 31.5 Å². The number of thioether (sulfide) groups is 1. The van der Waals surface area contributed by atoms with E-state index in [0.717, 1.165) is 5.56 Å². The highest BCUT2D eigenvalue weighted by atomic mass is 32.2. The Kier molecular flexibility index (Phi) is 5.88. The van der Waals surface area contributed by atoms with E-state index in [1.165, 1.54) is 0 Å². The second-order valence-electron chi connectivity index (χ2n) is 3.92. The van der Waals surface area contributed by atoms with Crippen LogP contribution in [0.4, 0.5) is 8.78 Å². The van der Waals surface area contributed by atoms with Gasteiger partial charge in [-0.25, -0.2) is 0 Å². The number of rotatable bonds is 6. The molecule has 5 heteroatoms. The van der Waals surface area contributed by atoms with Crippen molar-refractivity contribution >= 4 is 11.8 Å². The van der Waals surface area contributed by atoms with Gasteiger partial charge in [-0.15, -0.1) is 0 Å². The molecule has 0 bridgehead atoms. The molecule has 0 fully saturated rings. The third kappa shape index (κ3) is 5.02. The van der Waals surface area contributed by atoms with Gasteiger partial charge >= 0.3 is 0 Å². The molecule has 0 amide bonds. The first-order valence-electron chi connectivity index (χ1n) is 5.44. The zero-order valence-electron chi connectivity index (χ0n) is 9.86. The summed E-state index contributed by atoms with van der Waals surface area (Å²) >= 11 is 0.544. The molecule has 17 heavy (non-hydrogen) atoms. The molecule has 2 N–H and O–H groups in total. The van der Waals surface area contributed by atoms with Crippen LogP contribution >= 0.6 is 11.8 Å². The number of nitrogens with one attached hydrogen (secondary N) is 1. The van der Waals surface area contributed by atoms with E-state index < -0.39 is 5.76 Å². The summed E-state index contributed by atoms with van der Waals surface area (Å²) in [5.74, 6) is -2.38. The molecule has 0 radical (unpaired) electrons. The number of halogens is 2. The monoisotopic (exact) mass is 261 g/mol. The van der Waals surface area contributed by atoms with E-state index in [4.69, 9.17) is 5.11 Å². The molecular formula is C12H17F2NOS. The van der Waals surface area contributed by atoms with E-state index in [0.29, 0.717) is 16.7 Å². The average Bonchev–Trinajstić information content (AvgIpc) is 2.28. The van der Waals surface area contributed by atoms with Crippen molar-refractivity contribution in [2.45, 2.75) is 36.6 Å². The molecule has 0 aromatic heterocycles. The Hall–Kier alpha value is -0.650. The number of aliphatic hydroxyl groups is 1. The Bertz CT molecular complexity index is 332. The van der Waals surface area contributed by atoms with E-state index in [1.807, 2.05) is 26.0 Å². The normalized spacial score (nSPS) is 14.9. The molecule has 96 valence electrons. The molecule has 1 aromatic carbocycles. The van der Waals surface area contributed by atoms with Crippen LogP contribution in [0.2, 0.25) is 0 Å². The van der Waals surface area contributed by atoms with Crippen LogP contribution in [0.25, 0.3) is 0 Å². The summed E-state index contributed by atoms with van der Waals surface area (Å²) in [7, 11) is 0. The lowest BCUT2D eigenvalue weighted by Crippen LogP contribution is -2.31. The van der Waals surface area contributed by atoms with Gasteiger partial charge in [0.15, 0.2) is 0 Å². The van der Waals surface area contributed by atoms with E-state index in [-0.39, 0.29) is 18.7 Å². The van der Waals surface area contributed by atoms with Gasteiger partial charge in [0.2, 0.25) is 0 Å². The molecule has 0 saturated heterocycles. The third-order valence-corrected chi connectivity index (χ3v) is 3.14. The van der Waals surface area contributed by atoms with Gasteiger partial charge in [0.05, 0.1) is 6.61 Å². The molecule has 0 saturated carbocycles. The first-order chi connectivity index (χ1) is 8.02. The summed E-state index contributed by atoms with van der Waals surface area (Å²) in [6.07, 6.45) is 0. The Morgan fingerprint density at radius 1 is 1.24 bits per heavy atom. The van der Waals surface area contributed by atoms with Gasteiger partial charge in [-0.1, -0.05) is 23.9 Å². The highest BCUT2D eigenvalue weighted by molar-refractivity contribution is 7.99. The zero-order chi connectivity index (χ0) is 12.8. The predicted octanol–water partition coefficient (Wildman–Crippen LogP) is 3.03. The molecular weight excluding hydrogens is 244 g/mol. The predicted molar refractivity (Wildman–Crippen MR) is 66.4 cm³/mol. The number of benzene rings is 1. The zero-order valence-corrected chi connectivity index (χ0v) is 10.7. The van der Waals surface area contributed by atoms with Gasteiger partial charge in [-0.3, -0.25) is 0 Å². The fraction of sp³-hybridized carbons (Fsp3) is 0.500. The van der Waals surface area contributed by atoms with Crippen LogP contribution in [0.5, 0.6) is 0 Å². The molecule has 1 aromatic rings.